The molecule has 0 aromatic heterocycles. The van der Waals surface area contributed by atoms with Gasteiger partial charge in [0.1, 0.15) is 0 Å². The number of rotatable bonds is 6. The molecule has 0 spiro atoms. The van der Waals surface area contributed by atoms with Gasteiger partial charge >= 0.3 is 0 Å². The van der Waals surface area contributed by atoms with Crippen LogP contribution in [0, 0.1) is 0 Å². The molecule has 2 fully saturated rings. The summed E-state index contributed by atoms with van der Waals surface area (Å²) in [5.41, 5.74) is 1.68. The van der Waals surface area contributed by atoms with Gasteiger partial charge in [-0.1, -0.05) is 36.8 Å². The first-order valence-electron chi connectivity index (χ1n) is 10.1. The van der Waals surface area contributed by atoms with Gasteiger partial charge in [0.25, 0.3) is 0 Å². The summed E-state index contributed by atoms with van der Waals surface area (Å²) < 4.78 is 0. The molecular formula is C21H33N5O. The van der Waals surface area contributed by atoms with Gasteiger partial charge in [-0.3, -0.25) is 14.7 Å². The maximum absolute atomic E-state index is 11.4. The number of piperazine rings is 1. The molecule has 1 aliphatic carbocycles. The summed E-state index contributed by atoms with van der Waals surface area (Å²) in [6.07, 6.45) is 3.78. The lowest BCUT2D eigenvalue weighted by atomic mass is 9.64. The van der Waals surface area contributed by atoms with Crippen LogP contribution in [-0.4, -0.2) is 74.5 Å². The molecule has 1 aliphatic heterocycles. The van der Waals surface area contributed by atoms with Gasteiger partial charge in [0.05, 0.1) is 0 Å². The van der Waals surface area contributed by atoms with Crippen LogP contribution in [0.25, 0.3) is 0 Å². The van der Waals surface area contributed by atoms with Crippen LogP contribution >= 0.6 is 0 Å². The summed E-state index contributed by atoms with van der Waals surface area (Å²) in [5.74, 6) is 1.06. The van der Waals surface area contributed by atoms with Gasteiger partial charge in [-0.15, -0.1) is 0 Å². The highest BCUT2D eigenvalue weighted by atomic mass is 16.2. The number of aliphatic imine (C=N–C) groups is 1. The van der Waals surface area contributed by atoms with Gasteiger partial charge in [-0.25, -0.2) is 0 Å². The van der Waals surface area contributed by atoms with Crippen molar-refractivity contribution in [2.24, 2.45) is 4.99 Å². The van der Waals surface area contributed by atoms with E-state index in [1.807, 2.05) is 11.9 Å². The zero-order valence-corrected chi connectivity index (χ0v) is 16.7. The van der Waals surface area contributed by atoms with Crippen molar-refractivity contribution in [2.75, 3.05) is 52.9 Å². The second-order valence-corrected chi connectivity index (χ2v) is 7.70. The normalized spacial score (nSPS) is 20.1. The molecule has 0 unspecified atom stereocenters. The van der Waals surface area contributed by atoms with Crippen LogP contribution in [0.5, 0.6) is 0 Å². The molecule has 0 atom stereocenters. The number of nitrogens with zero attached hydrogens (tertiary/aromatic N) is 3. The Bertz CT molecular complexity index is 633. The Labute approximate surface area is 163 Å². The van der Waals surface area contributed by atoms with Gasteiger partial charge in [-0.05, 0) is 18.4 Å². The van der Waals surface area contributed by atoms with Crippen molar-refractivity contribution in [3.63, 3.8) is 0 Å². The van der Waals surface area contributed by atoms with E-state index in [9.17, 15) is 4.79 Å². The molecule has 1 saturated carbocycles. The van der Waals surface area contributed by atoms with Crippen LogP contribution in [0.4, 0.5) is 0 Å². The molecule has 27 heavy (non-hydrogen) atoms. The monoisotopic (exact) mass is 371 g/mol. The highest BCUT2D eigenvalue weighted by Gasteiger charge is 2.38. The van der Waals surface area contributed by atoms with Crippen molar-refractivity contribution in [1.82, 2.24) is 20.4 Å². The fraction of sp³-hybridized carbons (Fsp3) is 0.619. The first-order chi connectivity index (χ1) is 13.1. The highest BCUT2D eigenvalue weighted by Crippen LogP contribution is 2.43. The van der Waals surface area contributed by atoms with Gasteiger partial charge in [0, 0.05) is 65.2 Å². The molecule has 0 radical (unpaired) electrons. The maximum Gasteiger partial charge on any atom is 0.219 e. The van der Waals surface area contributed by atoms with E-state index in [0.717, 1.165) is 51.8 Å². The molecule has 1 aromatic rings. The average Bonchev–Trinajstić information content (AvgIpc) is 2.67. The summed E-state index contributed by atoms with van der Waals surface area (Å²) in [4.78, 5) is 20.1. The lowest BCUT2D eigenvalue weighted by Crippen LogP contribution is -2.52. The van der Waals surface area contributed by atoms with E-state index in [4.69, 9.17) is 0 Å². The highest BCUT2D eigenvalue weighted by molar-refractivity contribution is 5.79. The first kappa shape index (κ1) is 19.7. The Morgan fingerprint density at radius 3 is 2.37 bits per heavy atom. The number of carbonyl (C=O) groups excluding carboxylic acids is 1. The average molecular weight is 372 g/mol. The standard InChI is InChI=1S/C21H33N5O/c1-18(27)26-15-13-25(14-16-26)12-11-23-20(22-2)24-17-21(9-6-10-21)19-7-4-3-5-8-19/h3-5,7-8H,6,9-17H2,1-2H3,(H2,22,23,24). The predicted octanol–water partition coefficient (Wildman–Crippen LogP) is 1.44. The fourth-order valence-electron chi connectivity index (χ4n) is 4.06. The zero-order valence-electron chi connectivity index (χ0n) is 16.7. The van der Waals surface area contributed by atoms with Gasteiger partial charge in [-0.2, -0.15) is 0 Å². The third-order valence-electron chi connectivity index (χ3n) is 6.05. The van der Waals surface area contributed by atoms with E-state index in [0.29, 0.717) is 0 Å². The Hall–Kier alpha value is -2.08. The lowest BCUT2D eigenvalue weighted by Gasteiger charge is -2.43. The predicted molar refractivity (Wildman–Crippen MR) is 110 cm³/mol. The topological polar surface area (TPSA) is 60.0 Å². The molecule has 2 N–H and O–H groups in total. The molecule has 0 bridgehead atoms. The quantitative estimate of drug-likeness (QED) is 0.587. The van der Waals surface area contributed by atoms with E-state index < -0.39 is 0 Å². The minimum atomic E-state index is 0.181. The minimum Gasteiger partial charge on any atom is -0.356 e. The molecule has 3 rings (SSSR count). The number of hydrogen-bond acceptors (Lipinski definition) is 3. The van der Waals surface area contributed by atoms with Crippen LogP contribution in [0.2, 0.25) is 0 Å². The molecule has 6 nitrogen and oxygen atoms in total. The molecule has 1 amide bonds. The SMILES string of the molecule is CN=C(NCCN1CCN(C(C)=O)CC1)NCC1(c2ccccc2)CCC1. The molecule has 1 saturated heterocycles. The smallest absolute Gasteiger partial charge is 0.219 e. The van der Waals surface area contributed by atoms with Crippen molar-refractivity contribution in [3.8, 4) is 0 Å². The van der Waals surface area contributed by atoms with Crippen LogP contribution in [0.15, 0.2) is 35.3 Å². The molecule has 2 aliphatic rings. The minimum absolute atomic E-state index is 0.181. The summed E-state index contributed by atoms with van der Waals surface area (Å²) in [5, 5.41) is 6.98. The second-order valence-electron chi connectivity index (χ2n) is 7.70. The van der Waals surface area contributed by atoms with E-state index >= 15 is 0 Å². The molecule has 6 heteroatoms. The number of amides is 1. The number of hydrogen-bond donors (Lipinski definition) is 2. The fourth-order valence-corrected chi connectivity index (χ4v) is 4.06. The molecular weight excluding hydrogens is 338 g/mol. The summed E-state index contributed by atoms with van der Waals surface area (Å²) in [7, 11) is 1.83. The number of guanidine groups is 1. The Balaban J connectivity index is 1.40. The Morgan fingerprint density at radius 1 is 1.11 bits per heavy atom. The Kier molecular flexibility index (Phi) is 6.72. The summed E-state index contributed by atoms with van der Waals surface area (Å²) >= 11 is 0. The molecule has 148 valence electrons. The number of nitrogens with one attached hydrogen (secondary N) is 2. The van der Waals surface area contributed by atoms with E-state index in [1.165, 1.54) is 24.8 Å². The maximum atomic E-state index is 11.4. The number of benzene rings is 1. The Morgan fingerprint density at radius 2 is 1.81 bits per heavy atom. The first-order valence-corrected chi connectivity index (χ1v) is 10.1. The zero-order chi connectivity index (χ0) is 19.1. The third kappa shape index (κ3) is 5.01. The third-order valence-corrected chi connectivity index (χ3v) is 6.05. The van der Waals surface area contributed by atoms with Crippen molar-refractivity contribution < 1.29 is 4.79 Å². The summed E-state index contributed by atoms with van der Waals surface area (Å²) in [6.45, 7) is 7.97. The van der Waals surface area contributed by atoms with E-state index in [1.54, 1.807) is 6.92 Å². The van der Waals surface area contributed by atoms with Gasteiger partial charge in [0.15, 0.2) is 5.96 Å². The van der Waals surface area contributed by atoms with Gasteiger partial charge in [0.2, 0.25) is 5.91 Å². The largest absolute Gasteiger partial charge is 0.356 e. The van der Waals surface area contributed by atoms with Crippen LogP contribution in [0.1, 0.15) is 31.7 Å². The van der Waals surface area contributed by atoms with Crippen LogP contribution in [-0.2, 0) is 10.2 Å². The van der Waals surface area contributed by atoms with Crippen molar-refractivity contribution in [3.05, 3.63) is 35.9 Å². The van der Waals surface area contributed by atoms with Crippen molar-refractivity contribution >= 4 is 11.9 Å². The van der Waals surface area contributed by atoms with Crippen molar-refractivity contribution in [1.29, 1.82) is 0 Å². The molecule has 1 heterocycles. The van der Waals surface area contributed by atoms with E-state index in [2.05, 4.69) is 50.9 Å². The lowest BCUT2D eigenvalue weighted by molar-refractivity contribution is -0.130. The van der Waals surface area contributed by atoms with Crippen LogP contribution in [0.3, 0.4) is 0 Å². The van der Waals surface area contributed by atoms with Gasteiger partial charge < -0.3 is 15.5 Å². The summed E-state index contributed by atoms with van der Waals surface area (Å²) in [6, 6.07) is 10.8. The second kappa shape index (κ2) is 9.22. The number of carbonyl (C=O) groups is 1. The molecule has 1 aromatic carbocycles. The van der Waals surface area contributed by atoms with E-state index in [-0.39, 0.29) is 11.3 Å². The van der Waals surface area contributed by atoms with Crippen LogP contribution < -0.4 is 10.6 Å². The van der Waals surface area contributed by atoms with Crippen molar-refractivity contribution in [2.45, 2.75) is 31.6 Å².